The quantitative estimate of drug-likeness (QED) is 0.204. The molecular weight excluding hydrogens is 648 g/mol. The number of fused-ring (bicyclic) bond motifs is 2. The third-order valence-electron chi connectivity index (χ3n) is 8.10. The fourth-order valence-electron chi connectivity index (χ4n) is 6.12. The molecule has 4 aliphatic carbocycles. The second-order valence-electron chi connectivity index (χ2n) is 10.3. The molecule has 4 aliphatic rings. The molecule has 220 valence electrons. The van der Waals surface area contributed by atoms with E-state index in [4.69, 9.17) is 11.5 Å². The van der Waals surface area contributed by atoms with Crippen molar-refractivity contribution >= 4 is 43.4 Å². The number of allylic oxidation sites excluding steroid dienone is 2. The molecule has 0 aromatic heterocycles. The van der Waals surface area contributed by atoms with Gasteiger partial charge in [-0.3, -0.25) is 24.5 Å². The molecular formula is C28H19N3Na2O10S2. The van der Waals surface area contributed by atoms with Crippen LogP contribution in [-0.2, 0) is 20.2 Å². The Morgan fingerprint density at radius 3 is 1.16 bits per heavy atom. The van der Waals surface area contributed by atoms with E-state index in [2.05, 4.69) is 5.32 Å². The summed E-state index contributed by atoms with van der Waals surface area (Å²) < 4.78 is 79.5. The molecule has 2 atom stereocenters. The first-order valence-corrected chi connectivity index (χ1v) is 15.4. The van der Waals surface area contributed by atoms with Gasteiger partial charge in [-0.25, -0.2) is 16.8 Å². The molecule has 2 aromatic carbocycles. The Kier molecular flexibility index (Phi) is 9.11. The van der Waals surface area contributed by atoms with Crippen molar-refractivity contribution in [3.8, 4) is 0 Å². The van der Waals surface area contributed by atoms with Gasteiger partial charge in [0.2, 0.25) is 0 Å². The van der Waals surface area contributed by atoms with Crippen LogP contribution in [0.5, 0.6) is 0 Å². The summed E-state index contributed by atoms with van der Waals surface area (Å²) in [4.78, 5) is 48.2. The minimum Gasteiger partial charge on any atom is -0.746 e. The Morgan fingerprint density at radius 1 is 0.578 bits per heavy atom. The molecule has 13 nitrogen and oxygen atoms in total. The van der Waals surface area contributed by atoms with Gasteiger partial charge in [0, 0.05) is 57.6 Å². The number of ketones is 4. The second kappa shape index (κ2) is 11.6. The third kappa shape index (κ3) is 4.84. The van der Waals surface area contributed by atoms with Crippen molar-refractivity contribution in [1.29, 1.82) is 0 Å². The first kappa shape index (κ1) is 35.3. The summed E-state index contributed by atoms with van der Waals surface area (Å²) in [6.45, 7) is 0. The van der Waals surface area contributed by atoms with Crippen LogP contribution in [0, 0.1) is 0 Å². The van der Waals surface area contributed by atoms with Gasteiger partial charge in [0.05, 0.1) is 11.1 Å². The second-order valence-corrected chi connectivity index (χ2v) is 13.5. The van der Waals surface area contributed by atoms with E-state index in [-0.39, 0.29) is 92.8 Å². The maximum atomic E-state index is 13.9. The van der Waals surface area contributed by atoms with E-state index in [0.29, 0.717) is 0 Å². The molecule has 0 amide bonds. The number of carbonyl (C=O) groups is 4. The van der Waals surface area contributed by atoms with E-state index in [9.17, 15) is 45.1 Å². The van der Waals surface area contributed by atoms with E-state index >= 15 is 0 Å². The average Bonchev–Trinajstić information content (AvgIpc) is 2.95. The van der Waals surface area contributed by atoms with Gasteiger partial charge < -0.3 is 20.6 Å². The predicted molar refractivity (Wildman–Crippen MR) is 146 cm³/mol. The molecule has 0 spiro atoms. The largest absolute Gasteiger partial charge is 1.00 e. The summed E-state index contributed by atoms with van der Waals surface area (Å²) in [5.41, 5.74) is 7.01. The van der Waals surface area contributed by atoms with Crippen LogP contribution < -0.4 is 75.9 Å². The maximum absolute atomic E-state index is 13.9. The number of nitrogens with one attached hydrogen (secondary N) is 1. The zero-order valence-corrected chi connectivity index (χ0v) is 29.4. The summed E-state index contributed by atoms with van der Waals surface area (Å²) in [6, 6.07) is 10.6. The number of carbonyl (C=O) groups excluding carboxylic acids is 4. The van der Waals surface area contributed by atoms with E-state index in [0.717, 1.165) is 12.2 Å². The van der Waals surface area contributed by atoms with Crippen LogP contribution in [0.3, 0.4) is 0 Å². The Labute approximate surface area is 301 Å². The molecule has 6 rings (SSSR count). The van der Waals surface area contributed by atoms with E-state index in [1.807, 2.05) is 0 Å². The van der Waals surface area contributed by atoms with Crippen LogP contribution in [0.4, 0.5) is 0 Å². The molecule has 0 heterocycles. The van der Waals surface area contributed by atoms with Crippen molar-refractivity contribution in [1.82, 2.24) is 5.32 Å². The van der Waals surface area contributed by atoms with Gasteiger partial charge in [-0.15, -0.1) is 0 Å². The zero-order valence-electron chi connectivity index (χ0n) is 23.7. The standard InChI is InChI=1S/C28H21N3O10S2.2Na/c29-17-9-11-27(42(36,37)38,21-19(17)23(32)13-5-1-3-7-15(13)25(21)34)31-28(43(39,40)41)12-10-18(30)20-22(28)26(35)16-8-4-2-6-14(16)24(20)33;;/h1-10,31H,11-12,29-30H2,(H,36,37,38)(H,39,40,41);;/q;2*+1/p-2. The number of Topliss-reactive ketones (excluding diaryl/α,β-unsaturated/α-hetero) is 4. The van der Waals surface area contributed by atoms with Crippen molar-refractivity contribution in [2.24, 2.45) is 11.5 Å². The fourth-order valence-corrected chi connectivity index (χ4v) is 8.25. The van der Waals surface area contributed by atoms with Crippen LogP contribution in [-0.4, -0.2) is 58.8 Å². The molecule has 0 fully saturated rings. The number of rotatable bonds is 4. The molecule has 45 heavy (non-hydrogen) atoms. The van der Waals surface area contributed by atoms with E-state index in [1.165, 1.54) is 48.5 Å². The zero-order chi connectivity index (χ0) is 31.3. The van der Waals surface area contributed by atoms with Crippen LogP contribution in [0.15, 0.2) is 94.4 Å². The topological polar surface area (TPSA) is 247 Å². The van der Waals surface area contributed by atoms with Crippen molar-refractivity contribution in [3.05, 3.63) is 117 Å². The van der Waals surface area contributed by atoms with Crippen molar-refractivity contribution in [2.75, 3.05) is 0 Å². The molecule has 5 N–H and O–H groups in total. The fraction of sp³-hybridized carbons (Fsp3) is 0.143. The summed E-state index contributed by atoms with van der Waals surface area (Å²) in [5.74, 6) is -4.16. The summed E-state index contributed by atoms with van der Waals surface area (Å²) in [5, 5.41) is 2.10. The van der Waals surface area contributed by atoms with Crippen LogP contribution >= 0.6 is 0 Å². The average molecular weight is 668 g/mol. The summed E-state index contributed by atoms with van der Waals surface area (Å²) >= 11 is 0. The first-order valence-electron chi connectivity index (χ1n) is 12.6. The Morgan fingerprint density at radius 2 is 0.867 bits per heavy atom. The van der Waals surface area contributed by atoms with Gasteiger partial charge in [-0.05, 0) is 0 Å². The number of nitrogens with two attached hydrogens (primary N) is 2. The summed E-state index contributed by atoms with van der Waals surface area (Å²) in [6.07, 6.45) is -0.168. The van der Waals surface area contributed by atoms with Crippen molar-refractivity contribution in [2.45, 2.75) is 22.6 Å². The van der Waals surface area contributed by atoms with Crippen molar-refractivity contribution in [3.63, 3.8) is 0 Å². The minimum absolute atomic E-state index is 0. The van der Waals surface area contributed by atoms with Gasteiger partial charge in [0.1, 0.15) is 30.0 Å². The molecule has 2 unspecified atom stereocenters. The van der Waals surface area contributed by atoms with Gasteiger partial charge in [0.25, 0.3) is 0 Å². The van der Waals surface area contributed by atoms with Crippen LogP contribution in [0.1, 0.15) is 54.3 Å². The van der Waals surface area contributed by atoms with Gasteiger partial charge in [-0.1, -0.05) is 60.7 Å². The normalized spacial score (nSPS) is 24.3. The van der Waals surface area contributed by atoms with E-state index < -0.39 is 88.2 Å². The van der Waals surface area contributed by atoms with Crippen molar-refractivity contribution < 1.29 is 104 Å². The van der Waals surface area contributed by atoms with Crippen LogP contribution in [0.25, 0.3) is 0 Å². The molecule has 0 saturated carbocycles. The SMILES string of the molecule is NC1=CCC(NC2(S(=O)(=O)[O-])CC=C(N)C3=C2C(=O)c2ccccc2C3=O)(S(=O)(=O)[O-])C2=C1C(=O)c1ccccc1C2=O.[Na+].[Na+]. The molecule has 2 aromatic rings. The Hall–Kier alpha value is -2.54. The molecule has 0 bridgehead atoms. The Balaban J connectivity index is 0.00000230. The Bertz CT molecular complexity index is 1970. The maximum Gasteiger partial charge on any atom is 1.00 e. The number of hydrogen-bond acceptors (Lipinski definition) is 13. The van der Waals surface area contributed by atoms with Gasteiger partial charge in [0.15, 0.2) is 23.1 Å². The smallest absolute Gasteiger partial charge is 0.746 e. The van der Waals surface area contributed by atoms with E-state index in [1.54, 1.807) is 0 Å². The number of benzene rings is 2. The predicted octanol–water partition coefficient (Wildman–Crippen LogP) is -5.69. The van der Waals surface area contributed by atoms with Gasteiger partial charge in [-0.2, -0.15) is 0 Å². The minimum atomic E-state index is -5.95. The summed E-state index contributed by atoms with van der Waals surface area (Å²) in [7, 11) is -11.9. The third-order valence-corrected chi connectivity index (χ3v) is 10.8. The van der Waals surface area contributed by atoms with Gasteiger partial charge >= 0.3 is 59.1 Å². The van der Waals surface area contributed by atoms with Crippen LogP contribution in [0.2, 0.25) is 0 Å². The monoisotopic (exact) mass is 667 g/mol. The molecule has 0 aliphatic heterocycles. The molecule has 0 radical (unpaired) electrons. The number of hydrogen-bond donors (Lipinski definition) is 3. The first-order chi connectivity index (χ1) is 20.1. The molecule has 0 saturated heterocycles. The molecule has 17 heteroatoms.